The SMILES string of the molecule is CCN1CCN(Cc2ccc(Cc3ncc(F)c(-c4cc(F)c5c(c4)N(C(C)C)CCO5)n3)cc2F)CC1. The maximum absolute atomic E-state index is 15.0. The number of anilines is 1. The number of benzene rings is 2. The minimum atomic E-state index is -0.648. The second kappa shape index (κ2) is 11.3. The highest BCUT2D eigenvalue weighted by atomic mass is 19.1. The van der Waals surface area contributed by atoms with Crippen LogP contribution in [0.2, 0.25) is 0 Å². The highest BCUT2D eigenvalue weighted by Gasteiger charge is 2.26. The summed E-state index contributed by atoms with van der Waals surface area (Å²) >= 11 is 0. The van der Waals surface area contributed by atoms with Crippen molar-refractivity contribution >= 4 is 5.69 Å². The van der Waals surface area contributed by atoms with Crippen molar-refractivity contribution < 1.29 is 17.9 Å². The van der Waals surface area contributed by atoms with E-state index < -0.39 is 11.6 Å². The first-order chi connectivity index (χ1) is 18.3. The summed E-state index contributed by atoms with van der Waals surface area (Å²) in [6.45, 7) is 12.6. The fraction of sp³-hybridized carbons (Fsp3) is 0.448. The summed E-state index contributed by atoms with van der Waals surface area (Å²) in [6, 6.07) is 8.25. The Morgan fingerprint density at radius 3 is 2.39 bits per heavy atom. The Bertz CT molecular complexity index is 1290. The number of hydrogen-bond donors (Lipinski definition) is 0. The molecule has 2 aliphatic heterocycles. The Kier molecular flexibility index (Phi) is 7.85. The van der Waals surface area contributed by atoms with E-state index >= 15 is 0 Å². The molecule has 0 spiro atoms. The van der Waals surface area contributed by atoms with E-state index in [1.165, 1.54) is 12.1 Å². The molecule has 38 heavy (non-hydrogen) atoms. The Labute approximate surface area is 222 Å². The molecule has 0 unspecified atom stereocenters. The molecule has 1 fully saturated rings. The van der Waals surface area contributed by atoms with Crippen molar-refractivity contribution in [2.75, 3.05) is 50.8 Å². The fourth-order valence-corrected chi connectivity index (χ4v) is 5.18. The number of halogens is 3. The minimum Gasteiger partial charge on any atom is -0.486 e. The van der Waals surface area contributed by atoms with Crippen LogP contribution < -0.4 is 9.64 Å². The van der Waals surface area contributed by atoms with Crippen LogP contribution in [0.5, 0.6) is 5.75 Å². The first kappa shape index (κ1) is 26.4. The molecule has 202 valence electrons. The van der Waals surface area contributed by atoms with Crippen molar-refractivity contribution in [3.63, 3.8) is 0 Å². The molecule has 0 amide bonds. The van der Waals surface area contributed by atoms with Gasteiger partial charge in [0.25, 0.3) is 0 Å². The number of rotatable bonds is 7. The van der Waals surface area contributed by atoms with Crippen LogP contribution in [0.1, 0.15) is 37.7 Å². The van der Waals surface area contributed by atoms with Gasteiger partial charge in [0.2, 0.25) is 0 Å². The van der Waals surface area contributed by atoms with Crippen molar-refractivity contribution in [3.8, 4) is 17.0 Å². The summed E-state index contributed by atoms with van der Waals surface area (Å²) in [4.78, 5) is 15.2. The van der Waals surface area contributed by atoms with E-state index in [-0.39, 0.29) is 29.7 Å². The van der Waals surface area contributed by atoms with Crippen LogP contribution in [-0.2, 0) is 13.0 Å². The van der Waals surface area contributed by atoms with Gasteiger partial charge in [0, 0.05) is 56.3 Å². The van der Waals surface area contributed by atoms with Crippen LogP contribution in [-0.4, -0.2) is 71.7 Å². The second-order valence-electron chi connectivity index (χ2n) is 10.2. The summed E-state index contributed by atoms with van der Waals surface area (Å²) in [7, 11) is 0. The maximum atomic E-state index is 15.0. The number of nitrogens with zero attached hydrogens (tertiary/aromatic N) is 5. The average molecular weight is 526 g/mol. The van der Waals surface area contributed by atoms with E-state index in [9.17, 15) is 13.2 Å². The van der Waals surface area contributed by atoms with Gasteiger partial charge in [0.15, 0.2) is 17.4 Å². The molecular formula is C29H34F3N5O. The highest BCUT2D eigenvalue weighted by molar-refractivity contribution is 5.72. The average Bonchev–Trinajstić information content (AvgIpc) is 2.91. The number of hydrogen-bond acceptors (Lipinski definition) is 6. The fourth-order valence-electron chi connectivity index (χ4n) is 5.18. The molecule has 2 aromatic carbocycles. The van der Waals surface area contributed by atoms with Gasteiger partial charge in [0.05, 0.1) is 18.4 Å². The van der Waals surface area contributed by atoms with Crippen LogP contribution in [0.3, 0.4) is 0 Å². The Balaban J connectivity index is 1.35. The molecule has 2 aliphatic rings. The third-order valence-electron chi connectivity index (χ3n) is 7.39. The summed E-state index contributed by atoms with van der Waals surface area (Å²) in [5.41, 5.74) is 2.24. The molecule has 1 aromatic heterocycles. The molecule has 1 saturated heterocycles. The molecule has 0 aliphatic carbocycles. The van der Waals surface area contributed by atoms with E-state index in [0.717, 1.165) is 38.9 Å². The van der Waals surface area contributed by atoms with Gasteiger partial charge >= 0.3 is 0 Å². The Morgan fingerprint density at radius 1 is 0.921 bits per heavy atom. The van der Waals surface area contributed by atoms with Crippen LogP contribution in [0.25, 0.3) is 11.3 Å². The molecular weight excluding hydrogens is 491 g/mol. The van der Waals surface area contributed by atoms with E-state index in [4.69, 9.17) is 4.74 Å². The van der Waals surface area contributed by atoms with Gasteiger partial charge < -0.3 is 14.5 Å². The van der Waals surface area contributed by atoms with Gasteiger partial charge in [-0.2, -0.15) is 0 Å². The molecule has 6 nitrogen and oxygen atoms in total. The lowest BCUT2D eigenvalue weighted by Crippen LogP contribution is -2.45. The van der Waals surface area contributed by atoms with Gasteiger partial charge in [-0.3, -0.25) is 4.90 Å². The molecule has 0 saturated carbocycles. The molecule has 3 aromatic rings. The quantitative estimate of drug-likeness (QED) is 0.438. The number of piperazine rings is 1. The number of fused-ring (bicyclic) bond motifs is 1. The summed E-state index contributed by atoms with van der Waals surface area (Å²) in [6.07, 6.45) is 1.32. The predicted molar refractivity (Wildman–Crippen MR) is 142 cm³/mol. The summed E-state index contributed by atoms with van der Waals surface area (Å²) in [5, 5.41) is 0. The first-order valence-electron chi connectivity index (χ1n) is 13.3. The topological polar surface area (TPSA) is 44.7 Å². The summed E-state index contributed by atoms with van der Waals surface area (Å²) in [5.74, 6) is -0.972. The van der Waals surface area contributed by atoms with Gasteiger partial charge in [-0.05, 0) is 44.2 Å². The number of likely N-dealkylation sites (N-methyl/N-ethyl adjacent to an activating group) is 1. The van der Waals surface area contributed by atoms with Crippen LogP contribution >= 0.6 is 0 Å². The number of ether oxygens (including phenoxy) is 1. The van der Waals surface area contributed by atoms with Crippen molar-refractivity contribution in [2.45, 2.75) is 39.8 Å². The van der Waals surface area contributed by atoms with Crippen LogP contribution in [0, 0.1) is 17.5 Å². The van der Waals surface area contributed by atoms with Gasteiger partial charge in [-0.25, -0.2) is 23.1 Å². The first-order valence-corrected chi connectivity index (χ1v) is 13.3. The lowest BCUT2D eigenvalue weighted by Gasteiger charge is -2.34. The zero-order chi connectivity index (χ0) is 26.8. The molecule has 5 rings (SSSR count). The molecule has 0 N–H and O–H groups in total. The highest BCUT2D eigenvalue weighted by Crippen LogP contribution is 2.39. The Hall–Kier alpha value is -3.17. The molecule has 0 atom stereocenters. The van der Waals surface area contributed by atoms with Crippen LogP contribution in [0.15, 0.2) is 36.5 Å². The minimum absolute atomic E-state index is 0.00860. The lowest BCUT2D eigenvalue weighted by molar-refractivity contribution is 0.131. The predicted octanol–water partition coefficient (Wildman–Crippen LogP) is 4.90. The number of aromatic nitrogens is 2. The van der Waals surface area contributed by atoms with E-state index in [0.29, 0.717) is 47.9 Å². The monoisotopic (exact) mass is 525 g/mol. The Morgan fingerprint density at radius 2 is 1.68 bits per heavy atom. The van der Waals surface area contributed by atoms with Gasteiger partial charge in [-0.1, -0.05) is 19.1 Å². The maximum Gasteiger partial charge on any atom is 0.178 e. The third-order valence-corrected chi connectivity index (χ3v) is 7.39. The molecule has 3 heterocycles. The van der Waals surface area contributed by atoms with Crippen LogP contribution in [0.4, 0.5) is 18.9 Å². The zero-order valence-electron chi connectivity index (χ0n) is 22.2. The molecule has 0 radical (unpaired) electrons. The zero-order valence-corrected chi connectivity index (χ0v) is 22.2. The van der Waals surface area contributed by atoms with Crippen molar-refractivity contribution in [3.05, 3.63) is 70.9 Å². The van der Waals surface area contributed by atoms with Gasteiger partial charge in [0.1, 0.15) is 23.9 Å². The van der Waals surface area contributed by atoms with E-state index in [1.807, 2.05) is 24.8 Å². The van der Waals surface area contributed by atoms with E-state index in [1.54, 1.807) is 12.1 Å². The molecule has 9 heteroatoms. The lowest BCUT2D eigenvalue weighted by atomic mass is 10.1. The summed E-state index contributed by atoms with van der Waals surface area (Å²) < 4.78 is 50.3. The van der Waals surface area contributed by atoms with E-state index in [2.05, 4.69) is 26.7 Å². The third kappa shape index (κ3) is 5.63. The normalized spacial score (nSPS) is 16.6. The smallest absolute Gasteiger partial charge is 0.178 e. The largest absolute Gasteiger partial charge is 0.486 e. The van der Waals surface area contributed by atoms with Crippen molar-refractivity contribution in [1.29, 1.82) is 0 Å². The standard InChI is InChI=1S/C29H34F3N5O/c1-4-35-7-9-36(10-8-35)18-21-6-5-20(13-23(21)30)14-27-33-17-25(32)28(34-27)22-15-24(31)29-26(16-22)37(19(2)3)11-12-38-29/h5-6,13,15-17,19H,4,7-12,14,18H2,1-3H3. The van der Waals surface area contributed by atoms with Crippen molar-refractivity contribution in [2.24, 2.45) is 0 Å². The van der Waals surface area contributed by atoms with Crippen molar-refractivity contribution in [1.82, 2.24) is 19.8 Å². The molecule has 0 bridgehead atoms. The van der Waals surface area contributed by atoms with Gasteiger partial charge in [-0.15, -0.1) is 0 Å². The second-order valence-corrected chi connectivity index (χ2v) is 10.2.